The van der Waals surface area contributed by atoms with Crippen molar-refractivity contribution in [3.05, 3.63) is 0 Å². The highest BCUT2D eigenvalue weighted by Crippen LogP contribution is 2.34. The summed E-state index contributed by atoms with van der Waals surface area (Å²) in [6.07, 6.45) is 5.72. The molecular weight excluding hydrogens is 174 g/mol. The predicted octanol–water partition coefficient (Wildman–Crippen LogP) is 2.58. The number of rotatable bonds is 4. The van der Waals surface area contributed by atoms with Crippen molar-refractivity contribution in [2.45, 2.75) is 58.6 Å². The van der Waals surface area contributed by atoms with Crippen LogP contribution in [-0.4, -0.2) is 25.8 Å². The van der Waals surface area contributed by atoms with E-state index in [1.807, 2.05) is 0 Å². The van der Waals surface area contributed by atoms with Gasteiger partial charge in [0.15, 0.2) is 0 Å². The van der Waals surface area contributed by atoms with Gasteiger partial charge in [-0.1, -0.05) is 20.3 Å². The van der Waals surface area contributed by atoms with Crippen LogP contribution in [-0.2, 0) is 4.74 Å². The summed E-state index contributed by atoms with van der Waals surface area (Å²) >= 11 is 0. The molecule has 2 heteroatoms. The number of hydrogen-bond donors (Lipinski definition) is 1. The third-order valence-electron chi connectivity index (χ3n) is 3.30. The second-order valence-corrected chi connectivity index (χ2v) is 5.41. The highest BCUT2D eigenvalue weighted by Gasteiger charge is 2.27. The van der Waals surface area contributed by atoms with Crippen molar-refractivity contribution in [1.29, 1.82) is 0 Å². The molecule has 0 spiro atoms. The zero-order valence-corrected chi connectivity index (χ0v) is 10.1. The quantitative estimate of drug-likeness (QED) is 0.751. The van der Waals surface area contributed by atoms with E-state index in [0.717, 1.165) is 6.54 Å². The van der Waals surface area contributed by atoms with Crippen LogP contribution in [0.4, 0.5) is 0 Å². The van der Waals surface area contributed by atoms with Crippen molar-refractivity contribution in [3.8, 4) is 0 Å². The molecule has 0 saturated heterocycles. The minimum Gasteiger partial charge on any atom is -0.380 e. The Labute approximate surface area is 88.4 Å². The lowest BCUT2D eigenvalue weighted by Gasteiger charge is -2.36. The van der Waals surface area contributed by atoms with Gasteiger partial charge in [0.1, 0.15) is 0 Å². The summed E-state index contributed by atoms with van der Waals surface area (Å²) in [5, 5.41) is 3.60. The van der Waals surface area contributed by atoms with Gasteiger partial charge in [-0.25, -0.2) is 0 Å². The smallest absolute Gasteiger partial charge is 0.0667 e. The van der Waals surface area contributed by atoms with Gasteiger partial charge >= 0.3 is 0 Å². The summed E-state index contributed by atoms with van der Waals surface area (Å²) in [6, 6.07) is 0.705. The van der Waals surface area contributed by atoms with E-state index in [9.17, 15) is 0 Å². The molecular formula is C12H25NO. The van der Waals surface area contributed by atoms with E-state index in [1.165, 1.54) is 25.7 Å². The Morgan fingerprint density at radius 2 is 2.21 bits per heavy atom. The van der Waals surface area contributed by atoms with Crippen LogP contribution in [0.1, 0.15) is 46.5 Å². The van der Waals surface area contributed by atoms with Gasteiger partial charge in [0, 0.05) is 19.7 Å². The average molecular weight is 199 g/mol. The van der Waals surface area contributed by atoms with Crippen LogP contribution in [0.3, 0.4) is 0 Å². The molecule has 1 aliphatic rings. The topological polar surface area (TPSA) is 21.3 Å². The van der Waals surface area contributed by atoms with Crippen LogP contribution in [0.5, 0.6) is 0 Å². The van der Waals surface area contributed by atoms with Gasteiger partial charge in [-0.15, -0.1) is 0 Å². The van der Waals surface area contributed by atoms with Crippen molar-refractivity contribution in [2.24, 2.45) is 5.41 Å². The molecule has 1 aliphatic carbocycles. The molecule has 0 aromatic heterocycles. The second kappa shape index (κ2) is 5.13. The number of hydrogen-bond acceptors (Lipinski definition) is 2. The summed E-state index contributed by atoms with van der Waals surface area (Å²) < 4.78 is 5.23. The molecule has 2 atom stereocenters. The molecule has 1 N–H and O–H groups in total. The van der Waals surface area contributed by atoms with E-state index in [2.05, 4.69) is 26.1 Å². The lowest BCUT2D eigenvalue weighted by atomic mass is 9.75. The molecule has 0 aliphatic heterocycles. The highest BCUT2D eigenvalue weighted by atomic mass is 16.5. The molecule has 2 unspecified atom stereocenters. The second-order valence-electron chi connectivity index (χ2n) is 5.41. The van der Waals surface area contributed by atoms with Gasteiger partial charge in [-0.3, -0.25) is 0 Å². The Kier molecular flexibility index (Phi) is 4.39. The molecule has 0 aromatic carbocycles. The first-order valence-corrected chi connectivity index (χ1v) is 5.80. The van der Waals surface area contributed by atoms with Crippen LogP contribution >= 0.6 is 0 Å². The van der Waals surface area contributed by atoms with Crippen molar-refractivity contribution >= 4 is 0 Å². The number of ether oxygens (including phenoxy) is 1. The van der Waals surface area contributed by atoms with Crippen molar-refractivity contribution in [3.63, 3.8) is 0 Å². The Morgan fingerprint density at radius 1 is 1.50 bits per heavy atom. The third-order valence-corrected chi connectivity index (χ3v) is 3.30. The van der Waals surface area contributed by atoms with Crippen molar-refractivity contribution < 1.29 is 4.74 Å². The first-order chi connectivity index (χ1) is 6.53. The molecule has 14 heavy (non-hydrogen) atoms. The number of methoxy groups -OCH3 is 1. The van der Waals surface area contributed by atoms with Crippen molar-refractivity contribution in [1.82, 2.24) is 5.32 Å². The maximum atomic E-state index is 5.23. The lowest BCUT2D eigenvalue weighted by molar-refractivity contribution is 0.106. The SMILES string of the molecule is COC(C)CNC1CCCC(C)(C)C1. The van der Waals surface area contributed by atoms with Gasteiger partial charge in [0.05, 0.1) is 6.10 Å². The molecule has 1 rings (SSSR count). The van der Waals surface area contributed by atoms with Crippen LogP contribution in [0.25, 0.3) is 0 Å². The van der Waals surface area contributed by atoms with Crippen LogP contribution in [0.15, 0.2) is 0 Å². The first-order valence-electron chi connectivity index (χ1n) is 5.80. The number of nitrogens with one attached hydrogen (secondary N) is 1. The fourth-order valence-electron chi connectivity index (χ4n) is 2.29. The van der Waals surface area contributed by atoms with Gasteiger partial charge in [0.25, 0.3) is 0 Å². The van der Waals surface area contributed by atoms with Gasteiger partial charge < -0.3 is 10.1 Å². The summed E-state index contributed by atoms with van der Waals surface area (Å²) in [6.45, 7) is 7.85. The van der Waals surface area contributed by atoms with Gasteiger partial charge in [-0.2, -0.15) is 0 Å². The molecule has 0 amide bonds. The fraction of sp³-hybridized carbons (Fsp3) is 1.00. The monoisotopic (exact) mass is 199 g/mol. The van der Waals surface area contributed by atoms with Crippen LogP contribution in [0.2, 0.25) is 0 Å². The van der Waals surface area contributed by atoms with Crippen LogP contribution < -0.4 is 5.32 Å². The standard InChI is InChI=1S/C12H25NO/c1-10(14-4)9-13-11-6-5-7-12(2,3)8-11/h10-11,13H,5-9H2,1-4H3. The molecule has 0 aromatic rings. The summed E-state index contributed by atoms with van der Waals surface area (Å²) in [7, 11) is 1.77. The summed E-state index contributed by atoms with van der Waals surface area (Å²) in [5.41, 5.74) is 0.534. The van der Waals surface area contributed by atoms with Crippen molar-refractivity contribution in [2.75, 3.05) is 13.7 Å². The minimum atomic E-state index is 0.333. The predicted molar refractivity (Wildman–Crippen MR) is 60.5 cm³/mol. The highest BCUT2D eigenvalue weighted by molar-refractivity contribution is 4.83. The fourth-order valence-corrected chi connectivity index (χ4v) is 2.29. The zero-order chi connectivity index (χ0) is 10.6. The van der Waals surface area contributed by atoms with E-state index in [1.54, 1.807) is 7.11 Å². The van der Waals surface area contributed by atoms with Gasteiger partial charge in [-0.05, 0) is 31.6 Å². The van der Waals surface area contributed by atoms with E-state index in [0.29, 0.717) is 17.6 Å². The Balaban J connectivity index is 2.24. The molecule has 0 radical (unpaired) electrons. The summed E-state index contributed by atoms with van der Waals surface area (Å²) in [4.78, 5) is 0. The Bertz CT molecular complexity index is 168. The normalized spacial score (nSPS) is 28.7. The van der Waals surface area contributed by atoms with E-state index in [-0.39, 0.29) is 0 Å². The average Bonchev–Trinajstić information content (AvgIpc) is 2.12. The van der Waals surface area contributed by atoms with Gasteiger partial charge in [0.2, 0.25) is 0 Å². The lowest BCUT2D eigenvalue weighted by Crippen LogP contribution is -2.40. The molecule has 2 nitrogen and oxygen atoms in total. The maximum Gasteiger partial charge on any atom is 0.0667 e. The third kappa shape index (κ3) is 3.97. The Morgan fingerprint density at radius 3 is 2.79 bits per heavy atom. The first kappa shape index (κ1) is 12.0. The minimum absolute atomic E-state index is 0.333. The maximum absolute atomic E-state index is 5.23. The van der Waals surface area contributed by atoms with E-state index >= 15 is 0 Å². The molecule has 0 bridgehead atoms. The van der Waals surface area contributed by atoms with Crippen LogP contribution in [0, 0.1) is 5.41 Å². The molecule has 1 saturated carbocycles. The zero-order valence-electron chi connectivity index (χ0n) is 10.1. The van der Waals surface area contributed by atoms with E-state index < -0.39 is 0 Å². The largest absolute Gasteiger partial charge is 0.380 e. The molecule has 0 heterocycles. The van der Waals surface area contributed by atoms with E-state index in [4.69, 9.17) is 4.74 Å². The molecule has 84 valence electrons. The summed E-state index contributed by atoms with van der Waals surface area (Å²) in [5.74, 6) is 0. The molecule has 1 fully saturated rings. The Hall–Kier alpha value is -0.0800.